The molecule has 0 unspecified atom stereocenters. The molecular formula is C15H13ClO. The predicted octanol–water partition coefficient (Wildman–Crippen LogP) is 4.19. The molecule has 0 aromatic heterocycles. The van der Waals surface area contributed by atoms with Gasteiger partial charge in [0.25, 0.3) is 0 Å². The second kappa shape index (κ2) is 4.72. The summed E-state index contributed by atoms with van der Waals surface area (Å²) < 4.78 is 0. The number of hydrogen-bond donors (Lipinski definition) is 0. The third kappa shape index (κ3) is 2.56. The van der Waals surface area contributed by atoms with Crippen molar-refractivity contribution in [3.05, 3.63) is 69.7 Å². The van der Waals surface area contributed by atoms with E-state index in [1.807, 2.05) is 50.2 Å². The van der Waals surface area contributed by atoms with Crippen molar-refractivity contribution in [2.75, 3.05) is 0 Å². The van der Waals surface area contributed by atoms with E-state index in [1.54, 1.807) is 6.07 Å². The lowest BCUT2D eigenvalue weighted by Gasteiger charge is -2.06. The summed E-state index contributed by atoms with van der Waals surface area (Å²) in [7, 11) is 0. The average Bonchev–Trinajstić information content (AvgIpc) is 2.27. The van der Waals surface area contributed by atoms with Crippen molar-refractivity contribution in [2.45, 2.75) is 13.8 Å². The fraction of sp³-hybridized carbons (Fsp3) is 0.133. The van der Waals surface area contributed by atoms with Crippen LogP contribution in [0.4, 0.5) is 0 Å². The highest BCUT2D eigenvalue weighted by molar-refractivity contribution is 6.31. The molecule has 0 aliphatic heterocycles. The zero-order valence-corrected chi connectivity index (χ0v) is 10.6. The number of benzene rings is 2. The normalized spacial score (nSPS) is 10.3. The van der Waals surface area contributed by atoms with E-state index in [9.17, 15) is 4.79 Å². The molecule has 2 heteroatoms. The van der Waals surface area contributed by atoms with Crippen LogP contribution in [0, 0.1) is 13.8 Å². The fourth-order valence-corrected chi connectivity index (χ4v) is 2.14. The monoisotopic (exact) mass is 244 g/mol. The molecule has 0 heterocycles. The SMILES string of the molecule is Cc1cc(Cl)cc(C(=O)c2ccccc2C)c1. The van der Waals surface area contributed by atoms with Crippen LogP contribution in [0.1, 0.15) is 27.0 Å². The minimum Gasteiger partial charge on any atom is -0.289 e. The topological polar surface area (TPSA) is 17.1 Å². The van der Waals surface area contributed by atoms with Crippen LogP contribution in [0.3, 0.4) is 0 Å². The van der Waals surface area contributed by atoms with Crippen LogP contribution in [-0.2, 0) is 0 Å². The van der Waals surface area contributed by atoms with Crippen molar-refractivity contribution in [1.82, 2.24) is 0 Å². The van der Waals surface area contributed by atoms with Gasteiger partial charge in [0.05, 0.1) is 0 Å². The molecule has 2 rings (SSSR count). The maximum absolute atomic E-state index is 12.3. The standard InChI is InChI=1S/C15H13ClO/c1-10-7-12(9-13(16)8-10)15(17)14-6-4-3-5-11(14)2/h3-9H,1-2H3. The Bertz CT molecular complexity index is 553. The van der Waals surface area contributed by atoms with Crippen LogP contribution in [0.2, 0.25) is 5.02 Å². The first kappa shape index (κ1) is 11.9. The summed E-state index contributed by atoms with van der Waals surface area (Å²) in [4.78, 5) is 12.3. The Labute approximate surface area is 106 Å². The van der Waals surface area contributed by atoms with Gasteiger partial charge >= 0.3 is 0 Å². The van der Waals surface area contributed by atoms with E-state index < -0.39 is 0 Å². The van der Waals surface area contributed by atoms with E-state index in [1.165, 1.54) is 0 Å². The Morgan fingerprint density at radius 3 is 2.41 bits per heavy atom. The highest BCUT2D eigenvalue weighted by Gasteiger charge is 2.11. The number of halogens is 1. The van der Waals surface area contributed by atoms with Gasteiger partial charge in [-0.1, -0.05) is 35.9 Å². The molecule has 86 valence electrons. The van der Waals surface area contributed by atoms with Gasteiger partial charge in [-0.25, -0.2) is 0 Å². The van der Waals surface area contributed by atoms with Gasteiger partial charge in [0.15, 0.2) is 5.78 Å². The van der Waals surface area contributed by atoms with Crippen molar-refractivity contribution in [1.29, 1.82) is 0 Å². The predicted molar refractivity (Wildman–Crippen MR) is 70.8 cm³/mol. The Morgan fingerprint density at radius 2 is 1.76 bits per heavy atom. The molecule has 0 bridgehead atoms. The summed E-state index contributed by atoms with van der Waals surface area (Å²) in [6, 6.07) is 13.0. The van der Waals surface area contributed by atoms with Gasteiger partial charge in [0, 0.05) is 16.1 Å². The molecule has 0 N–H and O–H groups in total. The number of carbonyl (C=O) groups is 1. The number of ketones is 1. The van der Waals surface area contributed by atoms with Gasteiger partial charge in [0.1, 0.15) is 0 Å². The van der Waals surface area contributed by atoms with Crippen molar-refractivity contribution >= 4 is 17.4 Å². The maximum atomic E-state index is 12.3. The molecule has 0 saturated carbocycles. The molecule has 0 aliphatic rings. The molecule has 0 aliphatic carbocycles. The minimum absolute atomic E-state index is 0.0219. The highest BCUT2D eigenvalue weighted by Crippen LogP contribution is 2.19. The summed E-state index contributed by atoms with van der Waals surface area (Å²) in [6.45, 7) is 3.87. The largest absolute Gasteiger partial charge is 0.289 e. The van der Waals surface area contributed by atoms with Crippen LogP contribution in [0.5, 0.6) is 0 Å². The molecule has 17 heavy (non-hydrogen) atoms. The van der Waals surface area contributed by atoms with Crippen molar-refractivity contribution in [2.24, 2.45) is 0 Å². The Morgan fingerprint density at radius 1 is 1.06 bits per heavy atom. The van der Waals surface area contributed by atoms with Crippen LogP contribution >= 0.6 is 11.6 Å². The first-order chi connectivity index (χ1) is 8.08. The molecule has 0 amide bonds. The fourth-order valence-electron chi connectivity index (χ4n) is 1.85. The quantitative estimate of drug-likeness (QED) is 0.724. The first-order valence-electron chi connectivity index (χ1n) is 5.45. The lowest BCUT2D eigenvalue weighted by atomic mass is 9.98. The lowest BCUT2D eigenvalue weighted by molar-refractivity contribution is 0.103. The van der Waals surface area contributed by atoms with E-state index >= 15 is 0 Å². The van der Waals surface area contributed by atoms with E-state index in [2.05, 4.69) is 0 Å². The summed E-state index contributed by atoms with van der Waals surface area (Å²) in [5, 5.41) is 0.599. The van der Waals surface area contributed by atoms with Gasteiger partial charge in [-0.3, -0.25) is 4.79 Å². The number of aryl methyl sites for hydroxylation is 2. The van der Waals surface area contributed by atoms with Crippen molar-refractivity contribution < 1.29 is 4.79 Å². The number of hydrogen-bond acceptors (Lipinski definition) is 1. The molecule has 0 fully saturated rings. The van der Waals surface area contributed by atoms with Crippen LogP contribution in [0.25, 0.3) is 0 Å². The zero-order chi connectivity index (χ0) is 12.4. The third-order valence-electron chi connectivity index (χ3n) is 2.69. The first-order valence-corrected chi connectivity index (χ1v) is 5.83. The average molecular weight is 245 g/mol. The molecule has 0 atom stereocenters. The molecular weight excluding hydrogens is 232 g/mol. The highest BCUT2D eigenvalue weighted by atomic mass is 35.5. The zero-order valence-electron chi connectivity index (χ0n) is 9.83. The van der Waals surface area contributed by atoms with E-state index in [-0.39, 0.29) is 5.78 Å². The minimum atomic E-state index is 0.0219. The van der Waals surface area contributed by atoms with Gasteiger partial charge in [0.2, 0.25) is 0 Å². The van der Waals surface area contributed by atoms with Gasteiger partial charge < -0.3 is 0 Å². The van der Waals surface area contributed by atoms with Crippen LogP contribution < -0.4 is 0 Å². The molecule has 0 radical (unpaired) electrons. The number of carbonyl (C=O) groups excluding carboxylic acids is 1. The van der Waals surface area contributed by atoms with E-state index in [0.29, 0.717) is 10.6 Å². The second-order valence-electron chi connectivity index (χ2n) is 4.16. The Hall–Kier alpha value is -1.60. The molecule has 1 nitrogen and oxygen atoms in total. The molecule has 2 aromatic rings. The maximum Gasteiger partial charge on any atom is 0.193 e. The third-order valence-corrected chi connectivity index (χ3v) is 2.91. The van der Waals surface area contributed by atoms with Crippen LogP contribution in [-0.4, -0.2) is 5.78 Å². The molecule has 2 aromatic carbocycles. The van der Waals surface area contributed by atoms with E-state index in [4.69, 9.17) is 11.6 Å². The summed E-state index contributed by atoms with van der Waals surface area (Å²) in [5.41, 5.74) is 3.35. The smallest absolute Gasteiger partial charge is 0.193 e. The number of rotatable bonds is 2. The van der Waals surface area contributed by atoms with Crippen molar-refractivity contribution in [3.8, 4) is 0 Å². The van der Waals surface area contributed by atoms with Gasteiger partial charge in [-0.2, -0.15) is 0 Å². The summed E-state index contributed by atoms with van der Waals surface area (Å²) in [5.74, 6) is 0.0219. The van der Waals surface area contributed by atoms with Gasteiger partial charge in [-0.15, -0.1) is 0 Å². The summed E-state index contributed by atoms with van der Waals surface area (Å²) in [6.07, 6.45) is 0. The Kier molecular flexibility index (Phi) is 3.30. The van der Waals surface area contributed by atoms with Gasteiger partial charge in [-0.05, 0) is 43.2 Å². The summed E-state index contributed by atoms with van der Waals surface area (Å²) >= 11 is 5.97. The second-order valence-corrected chi connectivity index (χ2v) is 4.60. The Balaban J connectivity index is 2.48. The molecule has 0 saturated heterocycles. The lowest BCUT2D eigenvalue weighted by Crippen LogP contribution is -2.03. The van der Waals surface area contributed by atoms with Crippen LogP contribution in [0.15, 0.2) is 42.5 Å². The van der Waals surface area contributed by atoms with Crippen molar-refractivity contribution in [3.63, 3.8) is 0 Å². The van der Waals surface area contributed by atoms with E-state index in [0.717, 1.165) is 16.7 Å². The molecule has 0 spiro atoms.